The number of rotatable bonds is 3. The monoisotopic (exact) mass is 248 g/mol. The highest BCUT2D eigenvalue weighted by molar-refractivity contribution is 5.98. The van der Waals surface area contributed by atoms with Gasteiger partial charge in [-0.3, -0.25) is 14.3 Å². The van der Waals surface area contributed by atoms with E-state index in [1.54, 1.807) is 17.8 Å². The Morgan fingerprint density at radius 3 is 2.89 bits per heavy atom. The lowest BCUT2D eigenvalue weighted by atomic mass is 10.2. The number of carboxylic acids is 1. The van der Waals surface area contributed by atoms with Crippen LogP contribution in [0.15, 0.2) is 12.3 Å². The lowest BCUT2D eigenvalue weighted by Crippen LogP contribution is -2.29. The first-order valence-corrected chi connectivity index (χ1v) is 5.28. The number of hydrogen-bond acceptors (Lipinski definition) is 4. The molecule has 0 saturated carbocycles. The standard InChI is InChI=1S/C11H12N4O3/c1-6-8-3-7(11(18)13-5-9(16)17)4-12-10(8)15(2)14-6/h3-4H,5H2,1-2H3,(H,13,18)(H,16,17). The van der Waals surface area contributed by atoms with Crippen LogP contribution < -0.4 is 5.32 Å². The Hall–Kier alpha value is -2.44. The molecule has 0 aliphatic heterocycles. The number of hydrogen-bond donors (Lipinski definition) is 2. The Morgan fingerprint density at radius 1 is 1.50 bits per heavy atom. The summed E-state index contributed by atoms with van der Waals surface area (Å²) in [6.45, 7) is 1.41. The summed E-state index contributed by atoms with van der Waals surface area (Å²) in [5, 5.41) is 15.7. The minimum atomic E-state index is -1.09. The molecule has 2 aromatic heterocycles. The van der Waals surface area contributed by atoms with Crippen molar-refractivity contribution in [2.24, 2.45) is 7.05 Å². The van der Waals surface area contributed by atoms with Crippen LogP contribution in [0.4, 0.5) is 0 Å². The minimum absolute atomic E-state index is 0.319. The molecule has 0 radical (unpaired) electrons. The summed E-state index contributed by atoms with van der Waals surface area (Å²) >= 11 is 0. The van der Waals surface area contributed by atoms with Gasteiger partial charge in [0.05, 0.1) is 11.3 Å². The van der Waals surface area contributed by atoms with Crippen molar-refractivity contribution in [2.45, 2.75) is 6.92 Å². The minimum Gasteiger partial charge on any atom is -0.480 e. The second kappa shape index (κ2) is 4.44. The maximum absolute atomic E-state index is 11.7. The SMILES string of the molecule is Cc1nn(C)c2ncc(C(=O)NCC(=O)O)cc12. The number of aryl methyl sites for hydroxylation is 2. The predicted octanol–water partition coefficient (Wildman–Crippen LogP) is 0.0911. The zero-order valence-corrected chi connectivity index (χ0v) is 9.97. The number of carbonyl (C=O) groups excluding carboxylic acids is 1. The van der Waals surface area contributed by atoms with Gasteiger partial charge in [-0.2, -0.15) is 5.10 Å². The third-order valence-corrected chi connectivity index (χ3v) is 2.53. The summed E-state index contributed by atoms with van der Waals surface area (Å²) in [4.78, 5) is 26.2. The molecule has 0 spiro atoms. The topological polar surface area (TPSA) is 97.1 Å². The van der Waals surface area contributed by atoms with Gasteiger partial charge in [-0.25, -0.2) is 4.98 Å². The molecule has 0 saturated heterocycles. The van der Waals surface area contributed by atoms with E-state index in [2.05, 4.69) is 15.4 Å². The quantitative estimate of drug-likeness (QED) is 0.802. The summed E-state index contributed by atoms with van der Waals surface area (Å²) in [5.41, 5.74) is 1.77. The van der Waals surface area contributed by atoms with Gasteiger partial charge < -0.3 is 10.4 Å². The molecule has 0 aromatic carbocycles. The zero-order valence-electron chi connectivity index (χ0n) is 9.97. The first-order valence-electron chi connectivity index (χ1n) is 5.28. The van der Waals surface area contributed by atoms with Crippen LogP contribution in [0.5, 0.6) is 0 Å². The lowest BCUT2D eigenvalue weighted by Gasteiger charge is -2.02. The number of aliphatic carboxylic acids is 1. The van der Waals surface area contributed by atoms with E-state index in [-0.39, 0.29) is 0 Å². The molecule has 0 fully saturated rings. The summed E-state index contributed by atoms with van der Waals surface area (Å²) in [6.07, 6.45) is 1.40. The number of nitrogens with zero attached hydrogens (tertiary/aromatic N) is 3. The number of carbonyl (C=O) groups is 2. The van der Waals surface area contributed by atoms with Gasteiger partial charge in [-0.15, -0.1) is 0 Å². The molecule has 2 aromatic rings. The van der Waals surface area contributed by atoms with E-state index in [0.29, 0.717) is 11.2 Å². The van der Waals surface area contributed by atoms with Crippen molar-refractivity contribution in [1.29, 1.82) is 0 Å². The second-order valence-corrected chi connectivity index (χ2v) is 3.88. The summed E-state index contributed by atoms with van der Waals surface area (Å²) < 4.78 is 1.63. The van der Waals surface area contributed by atoms with Crippen LogP contribution in [-0.4, -0.2) is 38.3 Å². The number of nitrogens with one attached hydrogen (secondary N) is 1. The van der Waals surface area contributed by atoms with Gasteiger partial charge in [0, 0.05) is 18.6 Å². The number of aromatic nitrogens is 3. The molecule has 2 rings (SSSR count). The van der Waals surface area contributed by atoms with E-state index in [9.17, 15) is 9.59 Å². The molecule has 2 N–H and O–H groups in total. The summed E-state index contributed by atoms with van der Waals surface area (Å²) in [6, 6.07) is 1.65. The van der Waals surface area contributed by atoms with E-state index in [4.69, 9.17) is 5.11 Å². The molecule has 0 atom stereocenters. The second-order valence-electron chi connectivity index (χ2n) is 3.88. The van der Waals surface area contributed by atoms with Crippen molar-refractivity contribution >= 4 is 22.9 Å². The van der Waals surface area contributed by atoms with Gasteiger partial charge in [0.15, 0.2) is 5.65 Å². The van der Waals surface area contributed by atoms with Gasteiger partial charge in [0.25, 0.3) is 5.91 Å². The zero-order chi connectivity index (χ0) is 13.3. The molecule has 18 heavy (non-hydrogen) atoms. The Labute approximate surface area is 102 Å². The van der Waals surface area contributed by atoms with Crippen LogP contribution in [-0.2, 0) is 11.8 Å². The molecule has 0 unspecified atom stereocenters. The predicted molar refractivity (Wildman–Crippen MR) is 63.2 cm³/mol. The van der Waals surface area contributed by atoms with Crippen LogP contribution in [0.2, 0.25) is 0 Å². The van der Waals surface area contributed by atoms with Crippen LogP contribution in [0, 0.1) is 6.92 Å². The lowest BCUT2D eigenvalue weighted by molar-refractivity contribution is -0.135. The van der Waals surface area contributed by atoms with E-state index >= 15 is 0 Å². The maximum atomic E-state index is 11.7. The van der Waals surface area contributed by atoms with Gasteiger partial charge in [-0.05, 0) is 13.0 Å². The fourth-order valence-electron chi connectivity index (χ4n) is 1.69. The smallest absolute Gasteiger partial charge is 0.322 e. The maximum Gasteiger partial charge on any atom is 0.322 e. The Bertz CT molecular complexity index is 632. The van der Waals surface area contributed by atoms with Crippen molar-refractivity contribution in [3.05, 3.63) is 23.5 Å². The van der Waals surface area contributed by atoms with E-state index < -0.39 is 18.4 Å². The average Bonchev–Trinajstić information content (AvgIpc) is 2.61. The van der Waals surface area contributed by atoms with Gasteiger partial charge in [-0.1, -0.05) is 0 Å². The Balaban J connectivity index is 2.32. The summed E-state index contributed by atoms with van der Waals surface area (Å²) in [5.74, 6) is -1.55. The van der Waals surface area contributed by atoms with Crippen molar-refractivity contribution in [1.82, 2.24) is 20.1 Å². The molecule has 0 bridgehead atoms. The van der Waals surface area contributed by atoms with Crippen LogP contribution in [0.3, 0.4) is 0 Å². The van der Waals surface area contributed by atoms with Gasteiger partial charge in [0.2, 0.25) is 0 Å². The van der Waals surface area contributed by atoms with Crippen molar-refractivity contribution in [2.75, 3.05) is 6.54 Å². The van der Waals surface area contributed by atoms with Gasteiger partial charge >= 0.3 is 5.97 Å². The van der Waals surface area contributed by atoms with Crippen molar-refractivity contribution in [3.8, 4) is 0 Å². The molecular formula is C11H12N4O3. The third-order valence-electron chi connectivity index (χ3n) is 2.53. The first kappa shape index (κ1) is 12.0. The molecule has 0 aliphatic rings. The number of carboxylic acid groups (broad SMARTS) is 1. The molecular weight excluding hydrogens is 236 g/mol. The molecule has 7 heteroatoms. The highest BCUT2D eigenvalue weighted by Gasteiger charge is 2.12. The molecule has 0 aliphatic carbocycles. The van der Waals surface area contributed by atoms with E-state index in [1.165, 1.54) is 6.20 Å². The van der Waals surface area contributed by atoms with Crippen LogP contribution in [0.1, 0.15) is 16.1 Å². The molecule has 1 amide bonds. The highest BCUT2D eigenvalue weighted by Crippen LogP contribution is 2.16. The number of pyridine rings is 1. The third kappa shape index (κ3) is 2.15. The average molecular weight is 248 g/mol. The first-order chi connectivity index (χ1) is 8.49. The molecule has 7 nitrogen and oxygen atoms in total. The van der Waals surface area contributed by atoms with Crippen LogP contribution >= 0.6 is 0 Å². The largest absolute Gasteiger partial charge is 0.480 e. The van der Waals surface area contributed by atoms with E-state index in [0.717, 1.165) is 11.1 Å². The fourth-order valence-corrected chi connectivity index (χ4v) is 1.69. The van der Waals surface area contributed by atoms with Crippen LogP contribution in [0.25, 0.3) is 11.0 Å². The van der Waals surface area contributed by atoms with Crippen molar-refractivity contribution < 1.29 is 14.7 Å². The normalized spacial score (nSPS) is 10.6. The Kier molecular flexibility index (Phi) is 2.97. The number of amides is 1. The summed E-state index contributed by atoms with van der Waals surface area (Å²) in [7, 11) is 1.77. The Morgan fingerprint density at radius 2 is 2.22 bits per heavy atom. The molecule has 94 valence electrons. The van der Waals surface area contributed by atoms with Gasteiger partial charge in [0.1, 0.15) is 6.54 Å². The van der Waals surface area contributed by atoms with E-state index in [1.807, 2.05) is 6.92 Å². The number of fused-ring (bicyclic) bond motifs is 1. The fraction of sp³-hybridized carbons (Fsp3) is 0.273. The highest BCUT2D eigenvalue weighted by atomic mass is 16.4. The molecule has 2 heterocycles. The van der Waals surface area contributed by atoms with Crippen molar-refractivity contribution in [3.63, 3.8) is 0 Å².